The Morgan fingerprint density at radius 3 is 2.43 bits per heavy atom. The minimum atomic E-state index is -1.02. The maximum atomic E-state index is 10.6. The van der Waals surface area contributed by atoms with E-state index in [0.29, 0.717) is 6.54 Å². The number of furan rings is 1. The van der Waals surface area contributed by atoms with Gasteiger partial charge in [-0.1, -0.05) is 20.8 Å². The molecule has 0 bridgehead atoms. The maximum absolute atomic E-state index is 10.6. The van der Waals surface area contributed by atoms with Crippen LogP contribution in [0.3, 0.4) is 0 Å². The van der Waals surface area contributed by atoms with Gasteiger partial charge < -0.3 is 14.8 Å². The summed E-state index contributed by atoms with van der Waals surface area (Å²) in [5.74, 6) is 2.35. The van der Waals surface area contributed by atoms with Gasteiger partial charge in [0.2, 0.25) is 5.13 Å². The molecule has 0 spiro atoms. The quantitative estimate of drug-likeness (QED) is 0.906. The van der Waals surface area contributed by atoms with Gasteiger partial charge in [-0.2, -0.15) is 4.37 Å². The summed E-state index contributed by atoms with van der Waals surface area (Å²) >= 11 is 1.31. The van der Waals surface area contributed by atoms with Gasteiger partial charge >= 0.3 is 0 Å². The van der Waals surface area contributed by atoms with E-state index in [4.69, 9.17) is 4.42 Å². The van der Waals surface area contributed by atoms with Crippen molar-refractivity contribution in [1.82, 2.24) is 9.36 Å². The monoisotopic (exact) mass is 309 g/mol. The van der Waals surface area contributed by atoms with Crippen LogP contribution in [0.1, 0.15) is 50.6 Å². The number of hydrogen-bond donors (Lipinski definition) is 2. The topological polar surface area (TPSA) is 71.2 Å². The second-order valence-corrected chi connectivity index (χ2v) is 7.38. The molecule has 2 aromatic heterocycles. The Balaban J connectivity index is 2.08. The van der Waals surface area contributed by atoms with Crippen molar-refractivity contribution in [2.45, 2.75) is 52.6 Å². The van der Waals surface area contributed by atoms with Crippen LogP contribution in [-0.4, -0.2) is 21.0 Å². The molecule has 1 atom stereocenters. The summed E-state index contributed by atoms with van der Waals surface area (Å²) in [6.07, 6.45) is 0. The first-order chi connectivity index (χ1) is 9.59. The molecular weight excluding hydrogens is 286 g/mol. The highest BCUT2D eigenvalue weighted by Crippen LogP contribution is 2.28. The van der Waals surface area contributed by atoms with Gasteiger partial charge in [-0.05, 0) is 26.8 Å². The van der Waals surface area contributed by atoms with Crippen LogP contribution in [0, 0.1) is 13.8 Å². The van der Waals surface area contributed by atoms with Crippen molar-refractivity contribution in [1.29, 1.82) is 0 Å². The van der Waals surface area contributed by atoms with Gasteiger partial charge in [0.15, 0.2) is 0 Å². The predicted molar refractivity (Wildman–Crippen MR) is 84.9 cm³/mol. The van der Waals surface area contributed by atoms with Crippen LogP contribution in [0.15, 0.2) is 10.5 Å². The van der Waals surface area contributed by atoms with E-state index in [1.54, 1.807) is 6.92 Å². The minimum absolute atomic E-state index is 0.0722. The molecule has 21 heavy (non-hydrogen) atoms. The summed E-state index contributed by atoms with van der Waals surface area (Å²) in [6.45, 7) is 12.1. The van der Waals surface area contributed by atoms with Crippen LogP contribution in [0.2, 0.25) is 0 Å². The highest BCUT2D eigenvalue weighted by atomic mass is 32.1. The van der Waals surface area contributed by atoms with Crippen molar-refractivity contribution < 1.29 is 9.52 Å². The highest BCUT2D eigenvalue weighted by molar-refractivity contribution is 7.09. The van der Waals surface area contributed by atoms with Crippen LogP contribution in [0.25, 0.3) is 0 Å². The first-order valence-corrected chi connectivity index (χ1v) is 7.75. The van der Waals surface area contributed by atoms with Crippen molar-refractivity contribution >= 4 is 16.7 Å². The molecule has 2 aromatic rings. The largest absolute Gasteiger partial charge is 0.466 e. The van der Waals surface area contributed by atoms with Crippen LogP contribution in [0.4, 0.5) is 5.13 Å². The molecule has 2 heterocycles. The molecule has 0 aliphatic heterocycles. The van der Waals surface area contributed by atoms with Crippen LogP contribution in [-0.2, 0) is 11.0 Å². The third-order valence-corrected chi connectivity index (χ3v) is 3.97. The molecule has 0 amide bonds. The SMILES string of the molecule is Cc1cc(C(C)(O)CNc2nc(C(C)(C)C)ns2)c(C)o1. The maximum Gasteiger partial charge on any atom is 0.202 e. The van der Waals surface area contributed by atoms with E-state index in [1.165, 1.54) is 11.5 Å². The molecular formula is C15H23N3O2S. The van der Waals surface area contributed by atoms with Gasteiger partial charge in [0.1, 0.15) is 22.9 Å². The van der Waals surface area contributed by atoms with Crippen molar-refractivity contribution in [3.63, 3.8) is 0 Å². The number of anilines is 1. The lowest BCUT2D eigenvalue weighted by molar-refractivity contribution is 0.0699. The average molecular weight is 309 g/mol. The zero-order valence-corrected chi connectivity index (χ0v) is 14.3. The number of aryl methyl sites for hydroxylation is 2. The fourth-order valence-electron chi connectivity index (χ4n) is 2.11. The van der Waals surface area contributed by atoms with Crippen molar-refractivity contribution in [3.05, 3.63) is 29.0 Å². The van der Waals surface area contributed by atoms with E-state index in [1.807, 2.05) is 19.9 Å². The number of hydrogen-bond acceptors (Lipinski definition) is 6. The van der Waals surface area contributed by atoms with Crippen molar-refractivity contribution in [2.24, 2.45) is 0 Å². The van der Waals surface area contributed by atoms with Crippen LogP contribution < -0.4 is 5.32 Å². The van der Waals surface area contributed by atoms with E-state index < -0.39 is 5.60 Å². The smallest absolute Gasteiger partial charge is 0.202 e. The van der Waals surface area contributed by atoms with Gasteiger partial charge in [0, 0.05) is 29.1 Å². The number of nitrogens with one attached hydrogen (secondary N) is 1. The Kier molecular flexibility index (Phi) is 4.13. The summed E-state index contributed by atoms with van der Waals surface area (Å²) in [6, 6.07) is 1.87. The summed E-state index contributed by atoms with van der Waals surface area (Å²) in [7, 11) is 0. The molecule has 2 N–H and O–H groups in total. The first kappa shape index (κ1) is 16.0. The molecule has 0 aliphatic carbocycles. The second kappa shape index (κ2) is 5.42. The van der Waals surface area contributed by atoms with E-state index in [2.05, 4.69) is 35.4 Å². The molecule has 6 heteroatoms. The van der Waals surface area contributed by atoms with E-state index >= 15 is 0 Å². The molecule has 0 aromatic carbocycles. The minimum Gasteiger partial charge on any atom is -0.466 e. The number of aromatic nitrogens is 2. The van der Waals surface area contributed by atoms with Gasteiger partial charge in [-0.15, -0.1) is 0 Å². The molecule has 1 unspecified atom stereocenters. The third kappa shape index (κ3) is 3.63. The van der Waals surface area contributed by atoms with Crippen molar-refractivity contribution in [2.75, 3.05) is 11.9 Å². The lowest BCUT2D eigenvalue weighted by Crippen LogP contribution is -2.31. The zero-order valence-electron chi connectivity index (χ0n) is 13.4. The molecule has 0 saturated carbocycles. The Labute approximate surface area is 129 Å². The van der Waals surface area contributed by atoms with Gasteiger partial charge in [0.25, 0.3) is 0 Å². The first-order valence-electron chi connectivity index (χ1n) is 6.97. The molecule has 2 rings (SSSR count). The molecule has 0 saturated heterocycles. The molecule has 0 aliphatic rings. The number of nitrogens with zero attached hydrogens (tertiary/aromatic N) is 2. The Hall–Kier alpha value is -1.40. The van der Waals surface area contributed by atoms with Gasteiger partial charge in [-0.25, -0.2) is 4.98 Å². The molecule has 0 fully saturated rings. The van der Waals surface area contributed by atoms with Crippen LogP contribution in [0.5, 0.6) is 0 Å². The van der Waals surface area contributed by atoms with Gasteiger partial charge in [-0.3, -0.25) is 0 Å². The van der Waals surface area contributed by atoms with Crippen molar-refractivity contribution in [3.8, 4) is 0 Å². The fraction of sp³-hybridized carbons (Fsp3) is 0.600. The Bertz CT molecular complexity index is 623. The molecule has 0 radical (unpaired) electrons. The predicted octanol–water partition coefficient (Wildman–Crippen LogP) is 3.37. The summed E-state index contributed by atoms with van der Waals surface area (Å²) in [4.78, 5) is 4.47. The van der Waals surface area contributed by atoms with E-state index in [-0.39, 0.29) is 5.41 Å². The summed E-state index contributed by atoms with van der Waals surface area (Å²) in [5.41, 5.74) is -0.292. The van der Waals surface area contributed by atoms with E-state index in [9.17, 15) is 5.11 Å². The third-order valence-electron chi connectivity index (χ3n) is 3.30. The summed E-state index contributed by atoms with van der Waals surface area (Å²) in [5, 5.41) is 14.5. The van der Waals surface area contributed by atoms with Crippen LogP contribution >= 0.6 is 11.5 Å². The highest BCUT2D eigenvalue weighted by Gasteiger charge is 2.28. The number of aliphatic hydroxyl groups is 1. The van der Waals surface area contributed by atoms with E-state index in [0.717, 1.165) is 28.0 Å². The normalized spacial score (nSPS) is 15.0. The summed E-state index contributed by atoms with van der Waals surface area (Å²) < 4.78 is 9.84. The molecule has 116 valence electrons. The lowest BCUT2D eigenvalue weighted by atomic mass is 9.96. The second-order valence-electron chi connectivity index (χ2n) is 6.63. The fourth-order valence-corrected chi connectivity index (χ4v) is 2.86. The Morgan fingerprint density at radius 1 is 1.29 bits per heavy atom. The lowest BCUT2D eigenvalue weighted by Gasteiger charge is -2.23. The standard InChI is InChI=1S/C15H23N3O2S/c1-9-7-11(10(2)20-9)15(6,19)8-16-13-17-12(18-21-13)14(3,4)5/h7,19H,8H2,1-6H3,(H,16,17,18). The molecule has 5 nitrogen and oxygen atoms in total. The Morgan fingerprint density at radius 2 is 1.95 bits per heavy atom. The van der Waals surface area contributed by atoms with Gasteiger partial charge in [0.05, 0.1) is 0 Å². The zero-order chi connectivity index (χ0) is 15.8. The average Bonchev–Trinajstić information content (AvgIpc) is 2.93. The number of rotatable bonds is 4.